The molecule has 2 rings (SSSR count). The van der Waals surface area contributed by atoms with Crippen molar-refractivity contribution in [2.75, 3.05) is 0 Å². The smallest absolute Gasteiger partial charge is 0.142 e. The number of halogens is 2. The van der Waals surface area contributed by atoms with Crippen molar-refractivity contribution in [3.05, 3.63) is 34.6 Å². The van der Waals surface area contributed by atoms with Gasteiger partial charge in [0.2, 0.25) is 0 Å². The van der Waals surface area contributed by atoms with Crippen LogP contribution in [0.2, 0.25) is 5.02 Å². The molecule has 1 aromatic rings. The number of hydrogen-bond acceptors (Lipinski definition) is 2. The van der Waals surface area contributed by atoms with E-state index in [0.29, 0.717) is 24.8 Å². The quantitative estimate of drug-likeness (QED) is 0.895. The molecule has 0 bridgehead atoms. The van der Waals surface area contributed by atoms with Crippen LogP contribution in [-0.2, 0) is 11.2 Å². The Morgan fingerprint density at radius 1 is 1.39 bits per heavy atom. The van der Waals surface area contributed by atoms with Gasteiger partial charge in [0.15, 0.2) is 0 Å². The zero-order valence-electron chi connectivity index (χ0n) is 10.6. The molecule has 1 aliphatic rings. The van der Waals surface area contributed by atoms with Crippen LogP contribution in [0.3, 0.4) is 0 Å². The first-order valence-electron chi connectivity index (χ1n) is 6.20. The van der Waals surface area contributed by atoms with Crippen molar-refractivity contribution in [2.45, 2.75) is 50.9 Å². The fraction of sp³-hybridized carbons (Fsp3) is 0.571. The highest BCUT2D eigenvalue weighted by Gasteiger charge is 2.37. The van der Waals surface area contributed by atoms with Crippen molar-refractivity contribution in [2.24, 2.45) is 0 Å². The molecule has 0 aliphatic carbocycles. The van der Waals surface area contributed by atoms with Crippen LogP contribution in [0.25, 0.3) is 0 Å². The number of rotatable bonds is 2. The number of benzene rings is 1. The highest BCUT2D eigenvalue weighted by Crippen LogP contribution is 2.34. The Hall–Kier alpha value is -0.640. The lowest BCUT2D eigenvalue weighted by molar-refractivity contribution is -0.130. The van der Waals surface area contributed by atoms with Gasteiger partial charge in [-0.15, -0.1) is 0 Å². The van der Waals surface area contributed by atoms with Crippen LogP contribution in [0.4, 0.5) is 4.39 Å². The Bertz CT molecular complexity index is 426. The minimum absolute atomic E-state index is 0.00563. The number of hydrogen-bond donors (Lipinski definition) is 1. The maximum Gasteiger partial charge on any atom is 0.142 e. The van der Waals surface area contributed by atoms with E-state index in [2.05, 4.69) is 0 Å². The monoisotopic (exact) mass is 272 g/mol. The number of ether oxygens (including phenoxy) is 1. The van der Waals surface area contributed by atoms with E-state index in [1.54, 1.807) is 12.1 Å². The lowest BCUT2D eigenvalue weighted by atomic mass is 9.82. The van der Waals surface area contributed by atoms with Crippen molar-refractivity contribution in [3.63, 3.8) is 0 Å². The van der Waals surface area contributed by atoms with Crippen LogP contribution in [0, 0.1) is 5.82 Å². The SMILES string of the molecule is CC1CC(O)(Cc2cccc(F)c2Cl)CC(C)O1. The topological polar surface area (TPSA) is 29.5 Å². The first-order valence-corrected chi connectivity index (χ1v) is 6.58. The van der Waals surface area contributed by atoms with Gasteiger partial charge in [0.05, 0.1) is 22.8 Å². The van der Waals surface area contributed by atoms with E-state index in [-0.39, 0.29) is 17.2 Å². The average molecular weight is 273 g/mol. The molecule has 1 fully saturated rings. The fourth-order valence-corrected chi connectivity index (χ4v) is 3.02. The minimum atomic E-state index is -0.867. The molecule has 1 saturated heterocycles. The molecule has 0 saturated carbocycles. The Morgan fingerprint density at radius 3 is 2.61 bits per heavy atom. The maximum atomic E-state index is 13.4. The second-order valence-corrected chi connectivity index (χ2v) is 5.66. The van der Waals surface area contributed by atoms with Crippen molar-refractivity contribution in [1.82, 2.24) is 0 Å². The first-order chi connectivity index (χ1) is 8.39. The van der Waals surface area contributed by atoms with Crippen molar-refractivity contribution >= 4 is 11.6 Å². The maximum absolute atomic E-state index is 13.4. The van der Waals surface area contributed by atoms with Crippen molar-refractivity contribution in [1.29, 1.82) is 0 Å². The highest BCUT2D eigenvalue weighted by molar-refractivity contribution is 6.31. The minimum Gasteiger partial charge on any atom is -0.389 e. The molecule has 0 aromatic heterocycles. The Balaban J connectivity index is 2.19. The molecule has 1 N–H and O–H groups in total. The summed E-state index contributed by atoms with van der Waals surface area (Å²) in [5, 5.41) is 10.7. The van der Waals surface area contributed by atoms with Gasteiger partial charge in [-0.1, -0.05) is 23.7 Å². The van der Waals surface area contributed by atoms with E-state index in [9.17, 15) is 9.50 Å². The summed E-state index contributed by atoms with van der Waals surface area (Å²) >= 11 is 5.93. The molecule has 4 heteroatoms. The highest BCUT2D eigenvalue weighted by atomic mass is 35.5. The van der Waals surface area contributed by atoms with Crippen LogP contribution in [0.5, 0.6) is 0 Å². The third-order valence-corrected chi connectivity index (χ3v) is 3.77. The lowest BCUT2D eigenvalue weighted by Crippen LogP contribution is -2.44. The Labute approximate surface area is 112 Å². The molecule has 0 spiro atoms. The zero-order chi connectivity index (χ0) is 13.3. The summed E-state index contributed by atoms with van der Waals surface area (Å²) in [6.45, 7) is 3.88. The molecule has 2 nitrogen and oxygen atoms in total. The largest absolute Gasteiger partial charge is 0.389 e. The Morgan fingerprint density at radius 2 is 2.00 bits per heavy atom. The average Bonchev–Trinajstić information content (AvgIpc) is 2.22. The van der Waals surface area contributed by atoms with Crippen LogP contribution in [0.15, 0.2) is 18.2 Å². The van der Waals surface area contributed by atoms with Crippen molar-refractivity contribution < 1.29 is 14.2 Å². The van der Waals surface area contributed by atoms with Gasteiger partial charge in [-0.25, -0.2) is 4.39 Å². The van der Waals surface area contributed by atoms with Gasteiger partial charge in [-0.3, -0.25) is 0 Å². The molecule has 1 heterocycles. The predicted octanol–water partition coefficient (Wildman–Crippen LogP) is 3.34. The third-order valence-electron chi connectivity index (χ3n) is 3.35. The van der Waals surface area contributed by atoms with Crippen LogP contribution >= 0.6 is 11.6 Å². The summed E-state index contributed by atoms with van der Waals surface area (Å²) in [5.74, 6) is -0.439. The molecular formula is C14H18ClFO2. The van der Waals surface area contributed by atoms with E-state index in [0.717, 1.165) is 0 Å². The standard InChI is InChI=1S/C14H18ClFO2/c1-9-6-14(17,7-10(2)18-9)8-11-4-3-5-12(16)13(11)15/h3-5,9-10,17H,6-8H2,1-2H3. The fourth-order valence-electron chi connectivity index (χ4n) is 2.83. The lowest BCUT2D eigenvalue weighted by Gasteiger charge is -2.39. The van der Waals surface area contributed by atoms with Gasteiger partial charge in [-0.05, 0) is 25.5 Å². The third kappa shape index (κ3) is 3.02. The van der Waals surface area contributed by atoms with Crippen LogP contribution < -0.4 is 0 Å². The molecule has 1 aliphatic heterocycles. The first kappa shape index (κ1) is 13.8. The second kappa shape index (κ2) is 5.16. The van der Waals surface area contributed by atoms with Gasteiger partial charge in [0.1, 0.15) is 5.82 Å². The zero-order valence-corrected chi connectivity index (χ0v) is 11.4. The summed E-state index contributed by atoms with van der Waals surface area (Å²) in [6, 6.07) is 4.70. The van der Waals surface area contributed by atoms with Gasteiger partial charge >= 0.3 is 0 Å². The van der Waals surface area contributed by atoms with E-state index in [4.69, 9.17) is 16.3 Å². The molecule has 100 valence electrons. The van der Waals surface area contributed by atoms with Crippen molar-refractivity contribution in [3.8, 4) is 0 Å². The normalized spacial score (nSPS) is 32.5. The van der Waals surface area contributed by atoms with E-state index in [1.807, 2.05) is 13.8 Å². The van der Waals surface area contributed by atoms with Gasteiger partial charge in [0, 0.05) is 19.3 Å². The number of aliphatic hydroxyl groups is 1. The van der Waals surface area contributed by atoms with E-state index >= 15 is 0 Å². The second-order valence-electron chi connectivity index (χ2n) is 5.28. The summed E-state index contributed by atoms with van der Waals surface area (Å²) < 4.78 is 19.0. The molecular weight excluding hydrogens is 255 g/mol. The molecule has 1 aromatic carbocycles. The molecule has 0 amide bonds. The summed E-state index contributed by atoms with van der Waals surface area (Å²) in [4.78, 5) is 0. The Kier molecular flexibility index (Phi) is 3.95. The van der Waals surface area contributed by atoms with E-state index < -0.39 is 11.4 Å². The van der Waals surface area contributed by atoms with Gasteiger partial charge < -0.3 is 9.84 Å². The van der Waals surface area contributed by atoms with E-state index in [1.165, 1.54) is 6.07 Å². The van der Waals surface area contributed by atoms with Crippen LogP contribution in [0.1, 0.15) is 32.3 Å². The summed E-state index contributed by atoms with van der Waals surface area (Å²) in [5.41, 5.74) is -0.213. The van der Waals surface area contributed by atoms with Gasteiger partial charge in [-0.2, -0.15) is 0 Å². The molecule has 2 unspecified atom stereocenters. The predicted molar refractivity (Wildman–Crippen MR) is 69.3 cm³/mol. The molecule has 2 atom stereocenters. The summed E-state index contributed by atoms with van der Waals surface area (Å²) in [6.07, 6.45) is 1.47. The summed E-state index contributed by atoms with van der Waals surface area (Å²) in [7, 11) is 0. The molecule has 18 heavy (non-hydrogen) atoms. The van der Waals surface area contributed by atoms with Crippen LogP contribution in [-0.4, -0.2) is 22.9 Å². The molecule has 0 radical (unpaired) electrons. The van der Waals surface area contributed by atoms with Gasteiger partial charge in [0.25, 0.3) is 0 Å².